The topological polar surface area (TPSA) is 12.5 Å². The molecule has 0 aliphatic carbocycles. The highest BCUT2D eigenvalue weighted by Crippen LogP contribution is 2.19. The third kappa shape index (κ3) is 1.83. The van der Waals surface area contributed by atoms with Crippen molar-refractivity contribution >= 4 is 5.69 Å². The lowest BCUT2D eigenvalue weighted by molar-refractivity contribution is 0.122. The summed E-state index contributed by atoms with van der Waals surface area (Å²) < 4.78 is 5.31. The first-order chi connectivity index (χ1) is 6.38. The van der Waals surface area contributed by atoms with Gasteiger partial charge in [-0.25, -0.2) is 0 Å². The first-order valence-electron chi connectivity index (χ1n) is 4.68. The van der Waals surface area contributed by atoms with Gasteiger partial charge in [0.25, 0.3) is 0 Å². The Kier molecular flexibility index (Phi) is 2.50. The Bertz CT molecular complexity index is 279. The maximum Gasteiger partial charge on any atom is 0.0642 e. The van der Waals surface area contributed by atoms with Crippen LogP contribution in [-0.4, -0.2) is 26.3 Å². The van der Waals surface area contributed by atoms with E-state index in [9.17, 15) is 0 Å². The molecule has 2 nitrogen and oxygen atoms in total. The molecule has 1 radical (unpaired) electrons. The predicted octanol–water partition coefficient (Wildman–Crippen LogP) is 1.63. The SMILES string of the molecule is Cc1[c]cccc1N1CCOCC1. The van der Waals surface area contributed by atoms with E-state index in [2.05, 4.69) is 24.0 Å². The average molecular weight is 176 g/mol. The molecule has 13 heavy (non-hydrogen) atoms. The number of morpholine rings is 1. The quantitative estimate of drug-likeness (QED) is 0.645. The Morgan fingerprint density at radius 1 is 1.38 bits per heavy atom. The summed E-state index contributed by atoms with van der Waals surface area (Å²) in [5.74, 6) is 0. The normalized spacial score (nSPS) is 17.5. The molecule has 0 unspecified atom stereocenters. The van der Waals surface area contributed by atoms with Gasteiger partial charge in [0.15, 0.2) is 0 Å². The lowest BCUT2D eigenvalue weighted by Crippen LogP contribution is -2.36. The highest BCUT2D eigenvalue weighted by atomic mass is 16.5. The second-order valence-electron chi connectivity index (χ2n) is 3.28. The van der Waals surface area contributed by atoms with E-state index in [0.29, 0.717) is 0 Å². The summed E-state index contributed by atoms with van der Waals surface area (Å²) in [5.41, 5.74) is 2.52. The Morgan fingerprint density at radius 2 is 2.15 bits per heavy atom. The number of benzene rings is 1. The third-order valence-electron chi connectivity index (χ3n) is 2.39. The first-order valence-corrected chi connectivity index (χ1v) is 4.68. The number of aryl methyl sites for hydroxylation is 1. The summed E-state index contributed by atoms with van der Waals surface area (Å²) >= 11 is 0. The van der Waals surface area contributed by atoms with Crippen molar-refractivity contribution in [3.8, 4) is 0 Å². The van der Waals surface area contributed by atoms with Crippen LogP contribution in [0.1, 0.15) is 5.56 Å². The van der Waals surface area contributed by atoms with Crippen molar-refractivity contribution in [2.75, 3.05) is 31.2 Å². The molecule has 0 bridgehead atoms. The van der Waals surface area contributed by atoms with E-state index in [-0.39, 0.29) is 0 Å². The minimum Gasteiger partial charge on any atom is -0.378 e. The van der Waals surface area contributed by atoms with Gasteiger partial charge in [0.1, 0.15) is 0 Å². The fourth-order valence-electron chi connectivity index (χ4n) is 1.66. The van der Waals surface area contributed by atoms with E-state index in [1.54, 1.807) is 0 Å². The molecule has 0 N–H and O–H groups in total. The Hall–Kier alpha value is -1.02. The van der Waals surface area contributed by atoms with Crippen LogP contribution in [0, 0.1) is 13.0 Å². The molecule has 1 aromatic carbocycles. The van der Waals surface area contributed by atoms with Crippen LogP contribution in [0.25, 0.3) is 0 Å². The molecule has 0 atom stereocenters. The van der Waals surface area contributed by atoms with Crippen molar-refractivity contribution in [3.63, 3.8) is 0 Å². The summed E-state index contributed by atoms with van der Waals surface area (Å²) in [5, 5.41) is 0. The van der Waals surface area contributed by atoms with Crippen LogP contribution in [0.4, 0.5) is 5.69 Å². The molecule has 2 rings (SSSR count). The molecule has 1 fully saturated rings. The van der Waals surface area contributed by atoms with Gasteiger partial charge in [-0.1, -0.05) is 12.1 Å². The summed E-state index contributed by atoms with van der Waals surface area (Å²) in [6.45, 7) is 5.78. The highest BCUT2D eigenvalue weighted by molar-refractivity contribution is 5.52. The van der Waals surface area contributed by atoms with Crippen LogP contribution >= 0.6 is 0 Å². The van der Waals surface area contributed by atoms with Crippen LogP contribution < -0.4 is 4.90 Å². The van der Waals surface area contributed by atoms with Gasteiger partial charge in [0, 0.05) is 18.8 Å². The number of anilines is 1. The molecule has 1 aromatic rings. The van der Waals surface area contributed by atoms with Crippen LogP contribution in [0.2, 0.25) is 0 Å². The van der Waals surface area contributed by atoms with Gasteiger partial charge >= 0.3 is 0 Å². The van der Waals surface area contributed by atoms with E-state index in [4.69, 9.17) is 4.74 Å². The van der Waals surface area contributed by atoms with Crippen LogP contribution in [0.5, 0.6) is 0 Å². The first kappa shape index (κ1) is 8.57. The minimum absolute atomic E-state index is 0.842. The highest BCUT2D eigenvalue weighted by Gasteiger charge is 2.11. The summed E-state index contributed by atoms with van der Waals surface area (Å²) in [4.78, 5) is 2.36. The van der Waals surface area contributed by atoms with Crippen molar-refractivity contribution in [3.05, 3.63) is 29.8 Å². The molecule has 2 heteroatoms. The molecular weight excluding hydrogens is 162 g/mol. The van der Waals surface area contributed by atoms with E-state index in [1.165, 1.54) is 11.3 Å². The standard InChI is InChI=1S/C11H14NO/c1-10-4-2-3-5-11(10)12-6-8-13-9-7-12/h2-3,5H,6-9H2,1H3. The van der Waals surface area contributed by atoms with Crippen molar-refractivity contribution < 1.29 is 4.74 Å². The summed E-state index contributed by atoms with van der Waals surface area (Å²) in [6, 6.07) is 9.36. The molecule has 0 aromatic heterocycles. The average Bonchev–Trinajstić information content (AvgIpc) is 2.20. The largest absolute Gasteiger partial charge is 0.378 e. The van der Waals surface area contributed by atoms with Crippen LogP contribution in [-0.2, 0) is 4.74 Å². The van der Waals surface area contributed by atoms with Gasteiger partial charge in [0.2, 0.25) is 0 Å². The monoisotopic (exact) mass is 176 g/mol. The van der Waals surface area contributed by atoms with Gasteiger partial charge in [0.05, 0.1) is 13.2 Å². The van der Waals surface area contributed by atoms with E-state index in [0.717, 1.165) is 26.3 Å². The van der Waals surface area contributed by atoms with Crippen molar-refractivity contribution in [2.24, 2.45) is 0 Å². The Balaban J connectivity index is 2.18. The Labute approximate surface area is 79.1 Å². The van der Waals surface area contributed by atoms with Crippen molar-refractivity contribution in [1.29, 1.82) is 0 Å². The lowest BCUT2D eigenvalue weighted by atomic mass is 10.2. The van der Waals surface area contributed by atoms with Crippen LogP contribution in [0.3, 0.4) is 0 Å². The maximum atomic E-state index is 5.31. The van der Waals surface area contributed by atoms with E-state index >= 15 is 0 Å². The minimum atomic E-state index is 0.842. The number of ether oxygens (including phenoxy) is 1. The molecule has 0 spiro atoms. The van der Waals surface area contributed by atoms with Gasteiger partial charge in [-0.3, -0.25) is 0 Å². The zero-order valence-corrected chi connectivity index (χ0v) is 7.92. The van der Waals surface area contributed by atoms with Crippen molar-refractivity contribution in [2.45, 2.75) is 6.92 Å². The zero-order valence-electron chi connectivity index (χ0n) is 7.92. The third-order valence-corrected chi connectivity index (χ3v) is 2.39. The summed E-state index contributed by atoms with van der Waals surface area (Å²) in [6.07, 6.45) is 0. The molecule has 0 amide bonds. The predicted molar refractivity (Wildman–Crippen MR) is 53.0 cm³/mol. The smallest absolute Gasteiger partial charge is 0.0642 e. The zero-order chi connectivity index (χ0) is 9.10. The number of hydrogen-bond donors (Lipinski definition) is 0. The molecule has 1 saturated heterocycles. The second kappa shape index (κ2) is 3.79. The Morgan fingerprint density at radius 3 is 2.85 bits per heavy atom. The van der Waals surface area contributed by atoms with Gasteiger partial charge < -0.3 is 9.64 Å². The fraction of sp³-hybridized carbons (Fsp3) is 0.455. The fourth-order valence-corrected chi connectivity index (χ4v) is 1.66. The molecular formula is C11H14NO. The number of hydrogen-bond acceptors (Lipinski definition) is 2. The van der Waals surface area contributed by atoms with Gasteiger partial charge in [-0.15, -0.1) is 0 Å². The van der Waals surface area contributed by atoms with E-state index in [1.807, 2.05) is 12.1 Å². The second-order valence-corrected chi connectivity index (χ2v) is 3.28. The molecule has 1 heterocycles. The van der Waals surface area contributed by atoms with Crippen LogP contribution in [0.15, 0.2) is 18.2 Å². The number of nitrogens with zero attached hydrogens (tertiary/aromatic N) is 1. The molecule has 1 aliphatic rings. The van der Waals surface area contributed by atoms with Crippen molar-refractivity contribution in [1.82, 2.24) is 0 Å². The molecule has 1 aliphatic heterocycles. The molecule has 0 saturated carbocycles. The maximum absolute atomic E-state index is 5.31. The molecule has 69 valence electrons. The number of rotatable bonds is 1. The van der Waals surface area contributed by atoms with E-state index < -0.39 is 0 Å². The van der Waals surface area contributed by atoms with Gasteiger partial charge in [-0.2, -0.15) is 0 Å². The lowest BCUT2D eigenvalue weighted by Gasteiger charge is -2.29. The summed E-state index contributed by atoms with van der Waals surface area (Å²) in [7, 11) is 0. The van der Waals surface area contributed by atoms with Gasteiger partial charge in [-0.05, 0) is 24.6 Å².